The van der Waals surface area contributed by atoms with Gasteiger partial charge in [-0.15, -0.1) is 11.3 Å². The van der Waals surface area contributed by atoms with Crippen LogP contribution in [0.1, 0.15) is 20.7 Å². The maximum Gasteiger partial charge on any atom is 0.337 e. The van der Waals surface area contributed by atoms with E-state index in [1.807, 2.05) is 24.3 Å². The molecule has 0 radical (unpaired) electrons. The maximum absolute atomic E-state index is 13.1. The molecule has 4 rings (SSSR count). The number of nitrogens with one attached hydrogen (secondary N) is 1. The summed E-state index contributed by atoms with van der Waals surface area (Å²) in [7, 11) is 5.75. The predicted octanol–water partition coefficient (Wildman–Crippen LogP) is 5.03. The summed E-state index contributed by atoms with van der Waals surface area (Å²) in [6, 6.07) is 15.9. The third kappa shape index (κ3) is 4.51. The maximum atomic E-state index is 13.1. The number of ether oxygens (including phenoxy) is 4. The highest BCUT2D eigenvalue weighted by Crippen LogP contribution is 2.38. The van der Waals surface area contributed by atoms with Crippen molar-refractivity contribution in [3.63, 3.8) is 0 Å². The molecule has 8 nitrogen and oxygen atoms in total. The Hall–Kier alpha value is -4.11. The Bertz CT molecular complexity index is 1320. The highest BCUT2D eigenvalue weighted by atomic mass is 32.1. The molecule has 0 aliphatic carbocycles. The summed E-state index contributed by atoms with van der Waals surface area (Å²) in [5.74, 6) is 0.145. The summed E-state index contributed by atoms with van der Waals surface area (Å²) in [6.07, 6.45) is 0. The van der Waals surface area contributed by atoms with Crippen molar-refractivity contribution in [3.05, 3.63) is 65.7 Å². The zero-order valence-corrected chi connectivity index (χ0v) is 19.8. The largest absolute Gasteiger partial charge is 0.493 e. The Labute approximate surface area is 200 Å². The fourth-order valence-electron chi connectivity index (χ4n) is 3.47. The van der Waals surface area contributed by atoms with Crippen LogP contribution in [0.25, 0.3) is 20.8 Å². The van der Waals surface area contributed by atoms with Gasteiger partial charge in [0.15, 0.2) is 11.5 Å². The van der Waals surface area contributed by atoms with Gasteiger partial charge in [0.1, 0.15) is 5.01 Å². The van der Waals surface area contributed by atoms with Crippen LogP contribution in [0.5, 0.6) is 17.2 Å². The quantitative estimate of drug-likeness (QED) is 0.372. The van der Waals surface area contributed by atoms with Gasteiger partial charge in [-0.25, -0.2) is 9.78 Å². The molecule has 0 aliphatic rings. The number of carbonyl (C=O) groups excluding carboxylic acids is 2. The minimum atomic E-state index is -0.522. The first kappa shape index (κ1) is 23.1. The third-order valence-corrected chi connectivity index (χ3v) is 6.17. The average molecular weight is 479 g/mol. The Balaban J connectivity index is 1.73. The Morgan fingerprint density at radius 1 is 0.853 bits per heavy atom. The summed E-state index contributed by atoms with van der Waals surface area (Å²) in [6.45, 7) is 0. The molecule has 1 aromatic heterocycles. The molecule has 0 atom stereocenters. The number of aromatic nitrogens is 1. The fraction of sp³-hybridized carbons (Fsp3) is 0.160. The van der Waals surface area contributed by atoms with Crippen molar-refractivity contribution in [2.75, 3.05) is 33.8 Å². The molecular weight excluding hydrogens is 456 g/mol. The standard InChI is InChI=1S/C25H22N2O6S/c1-30-19-12-14(13-20(31-2)22(19)32-3)23(28)26-17-10-15(9-16(11-17)25(29)33-4)24-27-18-7-5-6-8-21(18)34-24/h5-13H,1-4H3,(H,26,28). The van der Waals surface area contributed by atoms with E-state index in [-0.39, 0.29) is 0 Å². The first-order valence-corrected chi connectivity index (χ1v) is 11.0. The number of methoxy groups -OCH3 is 4. The molecule has 0 unspecified atom stereocenters. The van der Waals surface area contributed by atoms with Crippen LogP contribution in [0.15, 0.2) is 54.6 Å². The molecule has 1 amide bonds. The zero-order valence-electron chi connectivity index (χ0n) is 19.0. The number of para-hydroxylation sites is 1. The summed E-state index contributed by atoms with van der Waals surface area (Å²) in [5.41, 5.74) is 2.54. The van der Waals surface area contributed by atoms with E-state index in [1.165, 1.54) is 39.8 Å². The highest BCUT2D eigenvalue weighted by molar-refractivity contribution is 7.21. The van der Waals surface area contributed by atoms with Crippen molar-refractivity contribution in [1.82, 2.24) is 4.98 Å². The van der Waals surface area contributed by atoms with E-state index in [1.54, 1.807) is 30.3 Å². The van der Waals surface area contributed by atoms with E-state index in [9.17, 15) is 9.59 Å². The molecule has 0 bridgehead atoms. The molecular formula is C25H22N2O6S. The number of nitrogens with zero attached hydrogens (tertiary/aromatic N) is 1. The second-order valence-electron chi connectivity index (χ2n) is 7.15. The number of esters is 1. The van der Waals surface area contributed by atoms with Crippen molar-refractivity contribution >= 4 is 39.1 Å². The first-order chi connectivity index (χ1) is 16.5. The van der Waals surface area contributed by atoms with E-state index >= 15 is 0 Å². The van der Waals surface area contributed by atoms with Crippen LogP contribution >= 0.6 is 11.3 Å². The van der Waals surface area contributed by atoms with Crippen molar-refractivity contribution in [3.8, 4) is 27.8 Å². The van der Waals surface area contributed by atoms with E-state index in [0.717, 1.165) is 15.2 Å². The number of thiazole rings is 1. The molecule has 4 aromatic rings. The van der Waals surface area contributed by atoms with E-state index < -0.39 is 11.9 Å². The smallest absolute Gasteiger partial charge is 0.337 e. The van der Waals surface area contributed by atoms with Crippen LogP contribution in [-0.4, -0.2) is 45.3 Å². The van der Waals surface area contributed by atoms with Crippen LogP contribution in [0.4, 0.5) is 5.69 Å². The Morgan fingerprint density at radius 3 is 2.18 bits per heavy atom. The predicted molar refractivity (Wildman–Crippen MR) is 130 cm³/mol. The van der Waals surface area contributed by atoms with Gasteiger partial charge in [-0.1, -0.05) is 12.1 Å². The molecule has 1 N–H and O–H groups in total. The normalized spacial score (nSPS) is 10.6. The minimum absolute atomic E-state index is 0.291. The third-order valence-electron chi connectivity index (χ3n) is 5.08. The molecule has 0 saturated carbocycles. The van der Waals surface area contributed by atoms with Gasteiger partial charge in [-0.2, -0.15) is 0 Å². The number of anilines is 1. The van der Waals surface area contributed by atoms with Gasteiger partial charge >= 0.3 is 5.97 Å². The number of hydrogen-bond acceptors (Lipinski definition) is 8. The van der Waals surface area contributed by atoms with E-state index in [0.29, 0.717) is 39.6 Å². The summed E-state index contributed by atoms with van der Waals surface area (Å²) in [4.78, 5) is 30.1. The molecule has 0 aliphatic heterocycles. The summed E-state index contributed by atoms with van der Waals surface area (Å²) >= 11 is 1.49. The monoisotopic (exact) mass is 478 g/mol. The van der Waals surface area contributed by atoms with Gasteiger partial charge in [0, 0.05) is 16.8 Å². The fourth-order valence-corrected chi connectivity index (χ4v) is 4.42. The van der Waals surface area contributed by atoms with Gasteiger partial charge in [0.25, 0.3) is 5.91 Å². The lowest BCUT2D eigenvalue weighted by molar-refractivity contribution is 0.0600. The first-order valence-electron chi connectivity index (χ1n) is 10.2. The minimum Gasteiger partial charge on any atom is -0.493 e. The van der Waals surface area contributed by atoms with Crippen LogP contribution < -0.4 is 19.5 Å². The second kappa shape index (κ2) is 9.80. The van der Waals surface area contributed by atoms with Crippen molar-refractivity contribution in [2.24, 2.45) is 0 Å². The second-order valence-corrected chi connectivity index (χ2v) is 8.18. The van der Waals surface area contributed by atoms with Gasteiger partial charge in [0.2, 0.25) is 5.75 Å². The molecule has 3 aromatic carbocycles. The number of amides is 1. The van der Waals surface area contributed by atoms with Gasteiger partial charge < -0.3 is 24.3 Å². The summed E-state index contributed by atoms with van der Waals surface area (Å²) in [5, 5.41) is 3.56. The lowest BCUT2D eigenvalue weighted by Gasteiger charge is -2.14. The zero-order chi connectivity index (χ0) is 24.2. The topological polar surface area (TPSA) is 96.0 Å². The van der Waals surface area contributed by atoms with Crippen LogP contribution in [0, 0.1) is 0 Å². The summed E-state index contributed by atoms with van der Waals surface area (Å²) < 4.78 is 21.9. The number of hydrogen-bond donors (Lipinski definition) is 1. The molecule has 174 valence electrons. The highest BCUT2D eigenvalue weighted by Gasteiger charge is 2.19. The van der Waals surface area contributed by atoms with Crippen molar-refractivity contribution in [2.45, 2.75) is 0 Å². The lowest BCUT2D eigenvalue weighted by atomic mass is 10.1. The Kier molecular flexibility index (Phi) is 6.65. The number of benzene rings is 3. The average Bonchev–Trinajstić information content (AvgIpc) is 3.31. The van der Waals surface area contributed by atoms with Crippen LogP contribution in [0.2, 0.25) is 0 Å². The molecule has 0 saturated heterocycles. The Morgan fingerprint density at radius 2 is 1.56 bits per heavy atom. The van der Waals surface area contributed by atoms with Crippen LogP contribution in [-0.2, 0) is 4.74 Å². The molecule has 0 spiro atoms. The molecule has 34 heavy (non-hydrogen) atoms. The number of carbonyl (C=O) groups is 2. The van der Waals surface area contributed by atoms with E-state index in [4.69, 9.17) is 18.9 Å². The molecule has 1 heterocycles. The number of fused-ring (bicyclic) bond motifs is 1. The molecule has 9 heteroatoms. The number of rotatable bonds is 7. The lowest BCUT2D eigenvalue weighted by Crippen LogP contribution is -2.13. The van der Waals surface area contributed by atoms with Crippen LogP contribution in [0.3, 0.4) is 0 Å². The van der Waals surface area contributed by atoms with Gasteiger partial charge in [-0.3, -0.25) is 4.79 Å². The van der Waals surface area contributed by atoms with Crippen molar-refractivity contribution < 1.29 is 28.5 Å². The van der Waals surface area contributed by atoms with Gasteiger partial charge in [0.05, 0.1) is 44.2 Å². The van der Waals surface area contributed by atoms with E-state index in [2.05, 4.69) is 10.3 Å². The van der Waals surface area contributed by atoms with Gasteiger partial charge in [-0.05, 0) is 42.5 Å². The van der Waals surface area contributed by atoms with Crippen molar-refractivity contribution in [1.29, 1.82) is 0 Å². The SMILES string of the molecule is COC(=O)c1cc(NC(=O)c2cc(OC)c(OC)c(OC)c2)cc(-c2nc3ccccc3s2)c1. The molecule has 0 fully saturated rings.